The number of ketones is 1. The number of hydrogen-bond acceptors (Lipinski definition) is 7. The van der Waals surface area contributed by atoms with Crippen molar-refractivity contribution in [2.24, 2.45) is 0 Å². The van der Waals surface area contributed by atoms with E-state index in [1.165, 1.54) is 51.7 Å². The minimum Gasteiger partial charge on any atom is -0.497 e. The molecule has 0 radical (unpaired) electrons. The van der Waals surface area contributed by atoms with Crippen LogP contribution in [0.15, 0.2) is 48.5 Å². The number of non-ortho nitro benzene ring substituents is 1. The number of esters is 1. The summed E-state index contributed by atoms with van der Waals surface area (Å²) < 4.78 is 15.0. The van der Waals surface area contributed by atoms with Crippen molar-refractivity contribution in [3.05, 3.63) is 69.8 Å². The fourth-order valence-electron chi connectivity index (χ4n) is 2.36. The van der Waals surface area contributed by atoms with Crippen molar-refractivity contribution in [1.82, 2.24) is 0 Å². The monoisotopic (exact) mass is 371 g/mol. The summed E-state index contributed by atoms with van der Waals surface area (Å²) in [5.74, 6) is -0.540. The lowest BCUT2D eigenvalue weighted by atomic mass is 9.95. The molecule has 2 aromatic carbocycles. The van der Waals surface area contributed by atoms with Gasteiger partial charge in [-0.3, -0.25) is 14.9 Å². The molecular weight excluding hydrogens is 354 g/mol. The number of Topliss-reactive ketones (excluding diaryl/α,β-unsaturated/α-hetero) is 1. The van der Waals surface area contributed by atoms with Gasteiger partial charge in [-0.1, -0.05) is 0 Å². The van der Waals surface area contributed by atoms with Crippen LogP contribution in [0, 0.1) is 10.1 Å². The quantitative estimate of drug-likeness (QED) is 0.242. The lowest BCUT2D eigenvalue weighted by Gasteiger charge is -2.12. The highest BCUT2D eigenvalue weighted by Gasteiger charge is 2.21. The van der Waals surface area contributed by atoms with Crippen molar-refractivity contribution >= 4 is 23.0 Å². The number of carbonyl (C=O) groups is 2. The van der Waals surface area contributed by atoms with Crippen molar-refractivity contribution < 1.29 is 28.7 Å². The third-order valence-electron chi connectivity index (χ3n) is 3.75. The van der Waals surface area contributed by atoms with E-state index in [0.29, 0.717) is 17.1 Å². The Morgan fingerprint density at radius 2 is 1.67 bits per heavy atom. The van der Waals surface area contributed by atoms with E-state index >= 15 is 0 Å². The van der Waals surface area contributed by atoms with Crippen LogP contribution in [0.25, 0.3) is 5.57 Å². The van der Waals surface area contributed by atoms with Crippen molar-refractivity contribution in [3.8, 4) is 11.5 Å². The number of rotatable bonds is 7. The fourth-order valence-corrected chi connectivity index (χ4v) is 2.36. The molecular formula is C19H17NO7. The van der Waals surface area contributed by atoms with Crippen LogP contribution in [0.1, 0.15) is 15.9 Å². The van der Waals surface area contributed by atoms with Gasteiger partial charge in [-0.05, 0) is 35.9 Å². The van der Waals surface area contributed by atoms with Crippen LogP contribution in [-0.2, 0) is 9.53 Å². The maximum absolute atomic E-state index is 13.1. The molecule has 8 heteroatoms. The average molecular weight is 371 g/mol. The molecule has 0 amide bonds. The van der Waals surface area contributed by atoms with Crippen LogP contribution in [0.2, 0.25) is 0 Å². The molecule has 0 saturated carbocycles. The summed E-state index contributed by atoms with van der Waals surface area (Å²) in [6.07, 6.45) is 1.03. The van der Waals surface area contributed by atoms with E-state index in [0.717, 1.165) is 6.08 Å². The number of nitro groups is 1. The maximum atomic E-state index is 13.1. The Labute approximate surface area is 155 Å². The zero-order valence-corrected chi connectivity index (χ0v) is 14.9. The van der Waals surface area contributed by atoms with Gasteiger partial charge in [-0.2, -0.15) is 0 Å². The molecule has 0 aliphatic heterocycles. The topological polar surface area (TPSA) is 105 Å². The van der Waals surface area contributed by atoms with Gasteiger partial charge in [0.1, 0.15) is 11.5 Å². The summed E-state index contributed by atoms with van der Waals surface area (Å²) in [7, 11) is 4.05. The largest absolute Gasteiger partial charge is 0.497 e. The van der Waals surface area contributed by atoms with E-state index in [1.807, 2.05) is 0 Å². The van der Waals surface area contributed by atoms with Gasteiger partial charge in [-0.25, -0.2) is 4.79 Å². The van der Waals surface area contributed by atoms with Crippen LogP contribution in [0.4, 0.5) is 5.69 Å². The van der Waals surface area contributed by atoms with Crippen LogP contribution >= 0.6 is 0 Å². The number of benzene rings is 2. The minimum atomic E-state index is -0.737. The Bertz CT molecular complexity index is 901. The summed E-state index contributed by atoms with van der Waals surface area (Å²) in [6.45, 7) is 0. The first-order chi connectivity index (χ1) is 12.9. The predicted octanol–water partition coefficient (Wildman–Crippen LogP) is 3.05. The first-order valence-electron chi connectivity index (χ1n) is 7.72. The molecule has 0 fully saturated rings. The second-order valence-corrected chi connectivity index (χ2v) is 5.28. The molecule has 2 aromatic rings. The molecule has 0 atom stereocenters. The lowest BCUT2D eigenvalue weighted by Crippen LogP contribution is -2.08. The van der Waals surface area contributed by atoms with Crippen molar-refractivity contribution in [3.63, 3.8) is 0 Å². The average Bonchev–Trinajstić information content (AvgIpc) is 2.70. The van der Waals surface area contributed by atoms with Gasteiger partial charge < -0.3 is 14.2 Å². The van der Waals surface area contributed by atoms with Gasteiger partial charge in [0.25, 0.3) is 5.69 Å². The third kappa shape index (κ3) is 4.49. The van der Waals surface area contributed by atoms with E-state index in [1.54, 1.807) is 12.1 Å². The van der Waals surface area contributed by atoms with Gasteiger partial charge in [-0.15, -0.1) is 0 Å². The van der Waals surface area contributed by atoms with E-state index in [2.05, 4.69) is 4.74 Å². The lowest BCUT2D eigenvalue weighted by molar-refractivity contribution is -0.384. The van der Waals surface area contributed by atoms with Gasteiger partial charge in [0.2, 0.25) is 0 Å². The van der Waals surface area contributed by atoms with Gasteiger partial charge in [0, 0.05) is 23.8 Å². The van der Waals surface area contributed by atoms with E-state index in [9.17, 15) is 19.7 Å². The molecule has 0 unspecified atom stereocenters. The van der Waals surface area contributed by atoms with Gasteiger partial charge in [0.15, 0.2) is 5.78 Å². The Hall–Kier alpha value is -3.68. The Morgan fingerprint density at radius 3 is 2.19 bits per heavy atom. The van der Waals surface area contributed by atoms with Crippen LogP contribution in [0.3, 0.4) is 0 Å². The number of nitrogens with zero attached hydrogens (tertiary/aromatic N) is 1. The highest BCUT2D eigenvalue weighted by Crippen LogP contribution is 2.30. The van der Waals surface area contributed by atoms with Crippen LogP contribution in [0.5, 0.6) is 11.5 Å². The number of methoxy groups -OCH3 is 3. The molecule has 0 N–H and O–H groups in total. The number of ether oxygens (including phenoxy) is 3. The van der Waals surface area contributed by atoms with Gasteiger partial charge >= 0.3 is 5.97 Å². The standard InChI is InChI=1S/C19H17NO7/c1-25-14-8-9-17(26-2)16(10-14)19(22)15(11-18(21)27-3)12-4-6-13(7-5-12)20(23)24/h4-11H,1-3H3/b15-11+. The molecule has 0 bridgehead atoms. The molecule has 27 heavy (non-hydrogen) atoms. The van der Waals surface area contributed by atoms with Crippen molar-refractivity contribution in [2.45, 2.75) is 0 Å². The molecule has 0 aliphatic carbocycles. The normalized spacial score (nSPS) is 10.9. The molecule has 2 rings (SSSR count). The van der Waals surface area contributed by atoms with Crippen molar-refractivity contribution in [2.75, 3.05) is 21.3 Å². The number of carbonyl (C=O) groups excluding carboxylic acids is 2. The Kier molecular flexibility index (Phi) is 6.27. The molecule has 0 heterocycles. The minimum absolute atomic E-state index is 0.00306. The smallest absolute Gasteiger partial charge is 0.331 e. The molecule has 0 saturated heterocycles. The second kappa shape index (κ2) is 8.61. The SMILES string of the molecule is COC(=O)/C=C(/C(=O)c1cc(OC)ccc1OC)c1ccc([N+](=O)[O-])cc1. The van der Waals surface area contributed by atoms with Crippen LogP contribution in [-0.4, -0.2) is 38.0 Å². The molecule has 140 valence electrons. The number of nitro benzene ring substituents is 1. The summed E-state index contributed by atoms with van der Waals surface area (Å²) in [5, 5.41) is 10.8. The highest BCUT2D eigenvalue weighted by molar-refractivity contribution is 6.32. The van der Waals surface area contributed by atoms with Gasteiger partial charge in [0.05, 0.1) is 31.8 Å². The highest BCUT2D eigenvalue weighted by atomic mass is 16.6. The van der Waals surface area contributed by atoms with E-state index in [4.69, 9.17) is 9.47 Å². The summed E-state index contributed by atoms with van der Waals surface area (Å²) in [5.41, 5.74) is 0.358. The summed E-state index contributed by atoms with van der Waals surface area (Å²) in [6, 6.07) is 9.95. The zero-order valence-electron chi connectivity index (χ0n) is 14.9. The first-order valence-corrected chi connectivity index (χ1v) is 7.72. The van der Waals surface area contributed by atoms with E-state index < -0.39 is 16.7 Å². The molecule has 0 aromatic heterocycles. The summed E-state index contributed by atoms with van der Waals surface area (Å²) >= 11 is 0. The second-order valence-electron chi connectivity index (χ2n) is 5.28. The maximum Gasteiger partial charge on any atom is 0.331 e. The first kappa shape index (κ1) is 19.6. The molecule has 0 spiro atoms. The third-order valence-corrected chi connectivity index (χ3v) is 3.75. The predicted molar refractivity (Wildman–Crippen MR) is 97.0 cm³/mol. The molecule has 8 nitrogen and oxygen atoms in total. The Balaban J connectivity index is 2.58. The Morgan fingerprint density at radius 1 is 1.00 bits per heavy atom. The van der Waals surface area contributed by atoms with Crippen molar-refractivity contribution in [1.29, 1.82) is 0 Å². The summed E-state index contributed by atoms with van der Waals surface area (Å²) in [4.78, 5) is 35.2. The number of hydrogen-bond donors (Lipinski definition) is 0. The zero-order chi connectivity index (χ0) is 20.0. The fraction of sp³-hybridized carbons (Fsp3) is 0.158. The van der Waals surface area contributed by atoms with E-state index in [-0.39, 0.29) is 16.8 Å². The molecule has 0 aliphatic rings. The van der Waals surface area contributed by atoms with Crippen LogP contribution < -0.4 is 9.47 Å². The number of allylic oxidation sites excluding steroid dienone is 1.